The molecule has 1 aliphatic heterocycles. The molecule has 3 aromatic rings. The van der Waals surface area contributed by atoms with Gasteiger partial charge in [-0.1, -0.05) is 18.2 Å². The third-order valence-corrected chi connectivity index (χ3v) is 7.20. The van der Waals surface area contributed by atoms with Crippen LogP contribution in [-0.2, 0) is 21.4 Å². The van der Waals surface area contributed by atoms with Crippen molar-refractivity contribution >= 4 is 32.4 Å². The highest BCUT2D eigenvalue weighted by Gasteiger charge is 2.23. The van der Waals surface area contributed by atoms with E-state index in [0.717, 1.165) is 36.2 Å². The first-order valence-corrected chi connectivity index (χ1v) is 11.5. The van der Waals surface area contributed by atoms with Crippen molar-refractivity contribution < 1.29 is 17.6 Å². The van der Waals surface area contributed by atoms with Gasteiger partial charge in [-0.25, -0.2) is 16.8 Å². The molecule has 0 radical (unpaired) electrons. The molecule has 0 aliphatic carbocycles. The number of hydrogen-bond donors (Lipinski definition) is 1. The van der Waals surface area contributed by atoms with Gasteiger partial charge >= 0.3 is 0 Å². The van der Waals surface area contributed by atoms with Crippen molar-refractivity contribution in [3.8, 4) is 0 Å². The minimum Gasteiger partial charge on any atom is -0.352 e. The summed E-state index contributed by atoms with van der Waals surface area (Å²) in [4.78, 5) is 13.4. The molecular formula is C23H24FN3O3S. The number of halogens is 1. The van der Waals surface area contributed by atoms with Gasteiger partial charge in [-0.2, -0.15) is 0 Å². The van der Waals surface area contributed by atoms with Gasteiger partial charge in [-0.15, -0.1) is 0 Å². The fraction of sp³-hybridized carbons (Fsp3) is 0.261. The maximum absolute atomic E-state index is 14.0. The van der Waals surface area contributed by atoms with Crippen LogP contribution in [0.3, 0.4) is 0 Å². The molecule has 6 nitrogen and oxygen atoms in total. The van der Waals surface area contributed by atoms with Crippen LogP contribution in [0.2, 0.25) is 0 Å². The molecule has 8 heteroatoms. The van der Waals surface area contributed by atoms with Gasteiger partial charge in [0, 0.05) is 43.7 Å². The maximum Gasteiger partial charge on any atom is 0.268 e. The van der Waals surface area contributed by atoms with Gasteiger partial charge < -0.3 is 10.2 Å². The lowest BCUT2D eigenvalue weighted by Crippen LogP contribution is -2.23. The Morgan fingerprint density at radius 2 is 1.90 bits per heavy atom. The summed E-state index contributed by atoms with van der Waals surface area (Å²) in [7, 11) is -1.86. The molecule has 0 spiro atoms. The smallest absolute Gasteiger partial charge is 0.268 e. The third-order valence-electron chi connectivity index (χ3n) is 5.51. The van der Waals surface area contributed by atoms with E-state index in [1.165, 1.54) is 41.2 Å². The number of carbonyl (C=O) groups excluding carboxylic acids is 1. The van der Waals surface area contributed by atoms with Crippen molar-refractivity contribution in [2.45, 2.75) is 24.8 Å². The molecule has 162 valence electrons. The van der Waals surface area contributed by atoms with Crippen molar-refractivity contribution in [3.05, 3.63) is 71.7 Å². The summed E-state index contributed by atoms with van der Waals surface area (Å²) in [6, 6.07) is 10.6. The number of nitrogens with zero attached hydrogens (tertiary/aromatic N) is 2. The second-order valence-electron chi connectivity index (χ2n) is 7.80. The van der Waals surface area contributed by atoms with E-state index in [0.29, 0.717) is 17.4 Å². The molecule has 0 fully saturated rings. The van der Waals surface area contributed by atoms with Gasteiger partial charge in [-0.05, 0) is 54.9 Å². The lowest BCUT2D eigenvalue weighted by molar-refractivity contribution is -0.119. The first kappa shape index (κ1) is 21.3. The number of nitrogens with one attached hydrogen (secondary N) is 1. The number of hydrogen-bond acceptors (Lipinski definition) is 4. The van der Waals surface area contributed by atoms with Crippen LogP contribution in [0.1, 0.15) is 24.5 Å². The zero-order valence-corrected chi connectivity index (χ0v) is 18.2. The second kappa shape index (κ2) is 8.28. The van der Waals surface area contributed by atoms with Crippen LogP contribution < -0.4 is 5.32 Å². The molecule has 1 aromatic heterocycles. The van der Waals surface area contributed by atoms with Gasteiger partial charge in [0.25, 0.3) is 10.0 Å². The Kier molecular flexibility index (Phi) is 5.68. The standard InChI is InChI=1S/C23H24FN3O3S/c1-16(28)25-14-17-3-6-20(7-4-17)31(29,30)27-15-22(18-9-11-26(2)12-10-18)21-13-19(24)5-8-23(21)27/h3-9,13,15H,10-12,14H2,1-2H3,(H,25,28). The zero-order valence-electron chi connectivity index (χ0n) is 17.4. The van der Waals surface area contributed by atoms with Gasteiger partial charge in [-0.3, -0.25) is 4.79 Å². The maximum atomic E-state index is 14.0. The van der Waals surface area contributed by atoms with E-state index in [1.54, 1.807) is 18.3 Å². The van der Waals surface area contributed by atoms with E-state index in [4.69, 9.17) is 0 Å². The topological polar surface area (TPSA) is 71.4 Å². The fourth-order valence-electron chi connectivity index (χ4n) is 3.76. The molecule has 31 heavy (non-hydrogen) atoms. The largest absolute Gasteiger partial charge is 0.352 e. The highest BCUT2D eigenvalue weighted by Crippen LogP contribution is 2.33. The number of carbonyl (C=O) groups is 1. The van der Waals surface area contributed by atoms with Crippen LogP contribution >= 0.6 is 0 Å². The van der Waals surface area contributed by atoms with Crippen LogP contribution in [-0.4, -0.2) is 43.3 Å². The number of aromatic nitrogens is 1. The number of fused-ring (bicyclic) bond motifs is 1. The van der Waals surface area contributed by atoms with Crippen LogP contribution in [0.4, 0.5) is 4.39 Å². The Morgan fingerprint density at radius 3 is 2.55 bits per heavy atom. The average molecular weight is 442 g/mol. The van der Waals surface area contributed by atoms with Crippen LogP contribution in [0.25, 0.3) is 16.5 Å². The molecule has 1 aliphatic rings. The minimum absolute atomic E-state index is 0.129. The molecular weight excluding hydrogens is 417 g/mol. The second-order valence-corrected chi connectivity index (χ2v) is 9.62. The Labute approximate surface area is 181 Å². The molecule has 2 heterocycles. The average Bonchev–Trinajstić information content (AvgIpc) is 3.12. The summed E-state index contributed by atoms with van der Waals surface area (Å²) in [5.74, 6) is -0.557. The molecule has 0 unspecified atom stereocenters. The van der Waals surface area contributed by atoms with E-state index < -0.39 is 15.8 Å². The quantitative estimate of drug-likeness (QED) is 0.659. The molecule has 4 rings (SSSR count). The minimum atomic E-state index is -3.89. The predicted molar refractivity (Wildman–Crippen MR) is 119 cm³/mol. The van der Waals surface area contributed by atoms with Crippen molar-refractivity contribution in [1.29, 1.82) is 0 Å². The summed E-state index contributed by atoms with van der Waals surface area (Å²) in [6.45, 7) is 3.38. The molecule has 0 saturated heterocycles. The third kappa shape index (κ3) is 4.26. The lowest BCUT2D eigenvalue weighted by Gasteiger charge is -2.21. The summed E-state index contributed by atoms with van der Waals surface area (Å²) in [6.07, 6.45) is 4.43. The summed E-state index contributed by atoms with van der Waals surface area (Å²) >= 11 is 0. The SMILES string of the molecule is CC(=O)NCc1ccc(S(=O)(=O)n2cc(C3=CCN(C)CC3)c3cc(F)ccc32)cc1. The first-order chi connectivity index (χ1) is 14.8. The van der Waals surface area contributed by atoms with Crippen molar-refractivity contribution in [2.75, 3.05) is 20.1 Å². The van der Waals surface area contributed by atoms with Crippen LogP contribution in [0.5, 0.6) is 0 Å². The molecule has 1 amide bonds. The lowest BCUT2D eigenvalue weighted by atomic mass is 9.99. The summed E-state index contributed by atoms with van der Waals surface area (Å²) < 4.78 is 42.1. The van der Waals surface area contributed by atoms with E-state index in [-0.39, 0.29) is 10.8 Å². The fourth-order valence-corrected chi connectivity index (χ4v) is 5.13. The number of amides is 1. The van der Waals surface area contributed by atoms with Crippen molar-refractivity contribution in [3.63, 3.8) is 0 Å². The zero-order chi connectivity index (χ0) is 22.2. The van der Waals surface area contributed by atoms with E-state index >= 15 is 0 Å². The van der Waals surface area contributed by atoms with Crippen molar-refractivity contribution in [1.82, 2.24) is 14.2 Å². The number of rotatable bonds is 5. The Bertz CT molecular complexity index is 1280. The normalized spacial score (nSPS) is 15.1. The van der Waals surface area contributed by atoms with Gasteiger partial charge in [0.05, 0.1) is 10.4 Å². The number of likely N-dealkylation sites (N-methyl/N-ethyl adjacent to an activating group) is 1. The summed E-state index contributed by atoms with van der Waals surface area (Å²) in [5, 5.41) is 3.27. The van der Waals surface area contributed by atoms with E-state index in [2.05, 4.69) is 16.3 Å². The highest BCUT2D eigenvalue weighted by molar-refractivity contribution is 7.90. The van der Waals surface area contributed by atoms with Gasteiger partial charge in [0.2, 0.25) is 5.91 Å². The summed E-state index contributed by atoms with van der Waals surface area (Å²) in [5.41, 5.74) is 3.01. The monoisotopic (exact) mass is 441 g/mol. The Hall–Kier alpha value is -2.97. The molecule has 1 N–H and O–H groups in total. The predicted octanol–water partition coefficient (Wildman–Crippen LogP) is 3.37. The number of benzene rings is 2. The van der Waals surface area contributed by atoms with Gasteiger partial charge in [0.1, 0.15) is 5.82 Å². The first-order valence-electron chi connectivity index (χ1n) is 10.0. The van der Waals surface area contributed by atoms with E-state index in [1.807, 2.05) is 7.05 Å². The van der Waals surface area contributed by atoms with Crippen LogP contribution in [0, 0.1) is 5.82 Å². The highest BCUT2D eigenvalue weighted by atomic mass is 32.2. The van der Waals surface area contributed by atoms with E-state index in [9.17, 15) is 17.6 Å². The Morgan fingerprint density at radius 1 is 1.16 bits per heavy atom. The molecule has 0 saturated carbocycles. The molecule has 0 atom stereocenters. The van der Waals surface area contributed by atoms with Crippen LogP contribution in [0.15, 0.2) is 59.6 Å². The molecule has 0 bridgehead atoms. The molecule has 2 aromatic carbocycles. The van der Waals surface area contributed by atoms with Crippen molar-refractivity contribution in [2.24, 2.45) is 0 Å². The Balaban J connectivity index is 1.77. The van der Waals surface area contributed by atoms with Gasteiger partial charge in [0.15, 0.2) is 0 Å².